The summed E-state index contributed by atoms with van der Waals surface area (Å²) in [4.78, 5) is 46.0. The zero-order chi connectivity index (χ0) is 40.9. The number of rotatable bonds is 10. The number of alkyl halides is 6. The first-order valence-electron chi connectivity index (χ1n) is 17.3. The highest BCUT2D eigenvalue weighted by atomic mass is 19.4. The number of esters is 1. The molecule has 0 spiro atoms. The molecule has 0 saturated carbocycles. The van der Waals surface area contributed by atoms with Crippen molar-refractivity contribution in [2.45, 2.75) is 38.8 Å². The number of nitrogens with zero attached hydrogens (tertiary/aromatic N) is 4. The van der Waals surface area contributed by atoms with Crippen molar-refractivity contribution in [2.75, 3.05) is 29.6 Å². The average Bonchev–Trinajstić information content (AvgIpc) is 3.71. The Morgan fingerprint density at radius 2 is 1.30 bits per heavy atom. The van der Waals surface area contributed by atoms with Crippen LogP contribution in [-0.2, 0) is 41.4 Å². The molecule has 0 atom stereocenters. The second kappa shape index (κ2) is 16.6. The number of hydrogen-bond acceptors (Lipinski definition) is 9. The third-order valence-corrected chi connectivity index (χ3v) is 8.78. The van der Waals surface area contributed by atoms with Crippen LogP contribution in [0.1, 0.15) is 55.7 Å². The summed E-state index contributed by atoms with van der Waals surface area (Å²) in [5.41, 5.74) is 1.32. The molecule has 0 aliphatic carbocycles. The Morgan fingerprint density at radius 1 is 0.737 bits per heavy atom. The van der Waals surface area contributed by atoms with Gasteiger partial charge in [-0.25, -0.2) is 14.8 Å². The average molecular weight is 795 g/mol. The number of fused-ring (bicyclic) bond motifs is 2. The maximum Gasteiger partial charge on any atom is 0.433 e. The van der Waals surface area contributed by atoms with Crippen molar-refractivity contribution in [3.05, 3.63) is 137 Å². The van der Waals surface area contributed by atoms with Gasteiger partial charge in [0.15, 0.2) is 6.61 Å². The molecule has 7 rings (SSSR count). The Labute approximate surface area is 321 Å². The first-order valence-corrected chi connectivity index (χ1v) is 17.3. The Balaban J connectivity index is 0.000000221. The molecule has 11 nitrogen and oxygen atoms in total. The lowest BCUT2D eigenvalue weighted by atomic mass is 10.1. The number of halogens is 6. The zero-order valence-corrected chi connectivity index (χ0v) is 29.9. The highest BCUT2D eigenvalue weighted by molar-refractivity contribution is 6.11. The Bertz CT molecular complexity index is 2270. The van der Waals surface area contributed by atoms with Gasteiger partial charge in [-0.3, -0.25) is 9.59 Å². The highest BCUT2D eigenvalue weighted by Crippen LogP contribution is 2.36. The summed E-state index contributed by atoms with van der Waals surface area (Å²) >= 11 is 0. The summed E-state index contributed by atoms with van der Waals surface area (Å²) in [5.74, 6) is -0.0977. The van der Waals surface area contributed by atoms with E-state index in [1.54, 1.807) is 49.4 Å². The molecular weight excluding hydrogens is 762 g/mol. The zero-order valence-electron chi connectivity index (χ0n) is 29.9. The van der Waals surface area contributed by atoms with Gasteiger partial charge in [-0.2, -0.15) is 26.3 Å². The number of aromatic hydroxyl groups is 1. The molecule has 0 radical (unpaired) electrons. The van der Waals surface area contributed by atoms with Gasteiger partial charge in [-0.15, -0.1) is 0 Å². The molecule has 0 unspecified atom stereocenters. The van der Waals surface area contributed by atoms with Gasteiger partial charge in [0.2, 0.25) is 0 Å². The van der Waals surface area contributed by atoms with E-state index in [0.717, 1.165) is 30.1 Å². The number of amides is 2. The monoisotopic (exact) mass is 794 g/mol. The van der Waals surface area contributed by atoms with Crippen LogP contribution in [0.3, 0.4) is 0 Å². The van der Waals surface area contributed by atoms with Crippen LogP contribution in [0.25, 0.3) is 0 Å². The molecule has 4 heterocycles. The molecule has 3 aromatic carbocycles. The molecule has 2 aliphatic heterocycles. The van der Waals surface area contributed by atoms with Crippen LogP contribution in [0.2, 0.25) is 0 Å². The lowest BCUT2D eigenvalue weighted by Gasteiger charge is -2.16. The number of benzene rings is 3. The Kier molecular flexibility index (Phi) is 11.7. The maximum atomic E-state index is 12.9. The van der Waals surface area contributed by atoms with Crippen LogP contribution < -0.4 is 19.3 Å². The van der Waals surface area contributed by atoms with Gasteiger partial charge in [0.1, 0.15) is 28.6 Å². The molecule has 17 heteroatoms. The second-order valence-corrected chi connectivity index (χ2v) is 12.5. The number of carbonyl (C=O) groups is 3. The summed E-state index contributed by atoms with van der Waals surface area (Å²) in [7, 11) is 0. The van der Waals surface area contributed by atoms with Crippen LogP contribution in [-0.4, -0.2) is 52.7 Å². The lowest BCUT2D eigenvalue weighted by molar-refractivity contribution is -0.145. The maximum absolute atomic E-state index is 12.9. The van der Waals surface area contributed by atoms with E-state index in [1.807, 2.05) is 12.1 Å². The van der Waals surface area contributed by atoms with Gasteiger partial charge in [-0.05, 0) is 73.2 Å². The van der Waals surface area contributed by atoms with Crippen LogP contribution in [0.4, 0.5) is 37.7 Å². The van der Waals surface area contributed by atoms with Crippen molar-refractivity contribution in [2.24, 2.45) is 0 Å². The number of pyridine rings is 2. The minimum absolute atomic E-state index is 0.0109. The minimum atomic E-state index is -4.55. The van der Waals surface area contributed by atoms with Crippen molar-refractivity contribution in [1.82, 2.24) is 9.97 Å². The van der Waals surface area contributed by atoms with E-state index in [0.29, 0.717) is 46.8 Å². The topological polar surface area (TPSA) is 131 Å². The minimum Gasteiger partial charge on any atom is -0.508 e. The fourth-order valence-corrected chi connectivity index (χ4v) is 6.01. The molecule has 0 bridgehead atoms. The van der Waals surface area contributed by atoms with Gasteiger partial charge in [0, 0.05) is 28.7 Å². The second-order valence-electron chi connectivity index (χ2n) is 12.5. The smallest absolute Gasteiger partial charge is 0.433 e. The molecule has 2 aromatic heterocycles. The molecule has 1 N–H and O–H groups in total. The summed E-state index contributed by atoms with van der Waals surface area (Å²) < 4.78 is 92.1. The number of phenols is 1. The highest BCUT2D eigenvalue weighted by Gasteiger charge is 2.36. The van der Waals surface area contributed by atoms with Crippen molar-refractivity contribution < 1.29 is 60.0 Å². The molecular formula is C40H32F6N4O7. The van der Waals surface area contributed by atoms with Crippen LogP contribution in [0.5, 0.6) is 17.2 Å². The molecule has 0 saturated heterocycles. The normalized spacial score (nSPS) is 13.5. The van der Waals surface area contributed by atoms with Gasteiger partial charge >= 0.3 is 18.3 Å². The number of phenolic OH excluding ortho intramolecular Hbond substituents is 1. The van der Waals surface area contributed by atoms with Gasteiger partial charge in [0.05, 0.1) is 50.1 Å². The summed E-state index contributed by atoms with van der Waals surface area (Å²) in [6.07, 6.45) is -6.48. The van der Waals surface area contributed by atoms with Gasteiger partial charge in [-0.1, -0.05) is 24.3 Å². The summed E-state index contributed by atoms with van der Waals surface area (Å²) in [6, 6.07) is 21.0. The molecule has 0 fully saturated rings. The predicted molar refractivity (Wildman–Crippen MR) is 192 cm³/mol. The Hall–Kier alpha value is -6.65. The molecule has 296 valence electrons. The quantitative estimate of drug-likeness (QED) is 0.111. The van der Waals surface area contributed by atoms with E-state index in [-0.39, 0.29) is 55.2 Å². The molecule has 57 heavy (non-hydrogen) atoms. The van der Waals surface area contributed by atoms with E-state index in [9.17, 15) is 45.8 Å². The SMILES string of the molecule is CCOC(=O)COc1cccc(CCOc2cccc3c2CN(c2ccc(C(F)(F)F)nc2)C3=O)c1.O=C1c2cccc(O)c2CN1c1ccc(C(F)(F)F)nc1. The first-order chi connectivity index (χ1) is 27.1. The number of ether oxygens (including phenoxy) is 3. The van der Waals surface area contributed by atoms with Crippen molar-refractivity contribution in [1.29, 1.82) is 0 Å². The van der Waals surface area contributed by atoms with E-state index >= 15 is 0 Å². The van der Waals surface area contributed by atoms with Gasteiger partial charge < -0.3 is 29.1 Å². The van der Waals surface area contributed by atoms with E-state index in [4.69, 9.17) is 14.2 Å². The van der Waals surface area contributed by atoms with Crippen LogP contribution in [0.15, 0.2) is 97.3 Å². The van der Waals surface area contributed by atoms with Crippen molar-refractivity contribution in [3.8, 4) is 17.2 Å². The van der Waals surface area contributed by atoms with Crippen molar-refractivity contribution in [3.63, 3.8) is 0 Å². The van der Waals surface area contributed by atoms with E-state index < -0.39 is 29.7 Å². The van der Waals surface area contributed by atoms with Crippen LogP contribution >= 0.6 is 0 Å². The standard InChI is InChI=1S/C26H23F3N2O5.C14H9F3N2O2/c1-2-34-24(32)16-36-19-6-3-5-17(13-19)11-12-35-22-8-4-7-20-21(22)15-31(25(20)33)18-9-10-23(30-14-18)26(27,28)29;15-14(16,17)12-5-4-8(6-18-12)19-7-10-9(13(19)21)2-1-3-11(10)20/h3-10,13-14H,2,11-12,15-16H2,1H3;1-6,20H,7H2. The molecule has 2 amide bonds. The molecule has 2 aliphatic rings. The lowest BCUT2D eigenvalue weighted by Crippen LogP contribution is -2.23. The van der Waals surface area contributed by atoms with Crippen LogP contribution in [0, 0.1) is 0 Å². The number of hydrogen-bond donors (Lipinski definition) is 1. The molecule has 5 aromatic rings. The van der Waals surface area contributed by atoms with Gasteiger partial charge in [0.25, 0.3) is 11.8 Å². The number of aromatic nitrogens is 2. The van der Waals surface area contributed by atoms with E-state index in [2.05, 4.69) is 9.97 Å². The summed E-state index contributed by atoms with van der Waals surface area (Å²) in [5, 5.41) is 9.72. The summed E-state index contributed by atoms with van der Waals surface area (Å²) in [6.45, 7) is 2.41. The number of carbonyl (C=O) groups excluding carboxylic acids is 3. The first kappa shape index (κ1) is 40.0. The predicted octanol–water partition coefficient (Wildman–Crippen LogP) is 7.79. The fraction of sp³-hybridized carbons (Fsp3) is 0.225. The third-order valence-electron chi connectivity index (χ3n) is 8.78. The fourth-order valence-electron chi connectivity index (χ4n) is 6.01. The Morgan fingerprint density at radius 3 is 1.84 bits per heavy atom. The van der Waals surface area contributed by atoms with E-state index in [1.165, 1.54) is 28.0 Å². The largest absolute Gasteiger partial charge is 0.508 e. The number of anilines is 2. The van der Waals surface area contributed by atoms with Crippen molar-refractivity contribution >= 4 is 29.2 Å². The third kappa shape index (κ3) is 9.25.